The summed E-state index contributed by atoms with van der Waals surface area (Å²) >= 11 is 0. The monoisotopic (exact) mass is 446 g/mol. The van der Waals surface area contributed by atoms with E-state index in [1.807, 2.05) is 37.3 Å². The minimum absolute atomic E-state index is 0.0966. The third kappa shape index (κ3) is 5.73. The van der Waals surface area contributed by atoms with E-state index in [-0.39, 0.29) is 5.56 Å². The van der Waals surface area contributed by atoms with Crippen molar-refractivity contribution in [1.82, 2.24) is 0 Å². The van der Waals surface area contributed by atoms with Crippen molar-refractivity contribution in [2.75, 3.05) is 0 Å². The molecule has 0 fully saturated rings. The minimum atomic E-state index is -5.11. The number of halogens is 6. The zero-order valence-electron chi connectivity index (χ0n) is 16.7. The van der Waals surface area contributed by atoms with Crippen LogP contribution in [0.5, 0.6) is 5.75 Å². The van der Waals surface area contributed by atoms with E-state index in [1.54, 1.807) is 6.07 Å². The number of benzene rings is 3. The number of hydrogen-bond donors (Lipinski definition) is 0. The molecule has 0 radical (unpaired) electrons. The first-order valence-corrected chi connectivity index (χ1v) is 9.49. The van der Waals surface area contributed by atoms with Crippen molar-refractivity contribution < 1.29 is 31.1 Å². The summed E-state index contributed by atoms with van der Waals surface area (Å²) < 4.78 is 83.4. The summed E-state index contributed by atoms with van der Waals surface area (Å²) in [6.45, 7) is 1.83. The number of aryl methyl sites for hydroxylation is 1. The summed E-state index contributed by atoms with van der Waals surface area (Å²) in [7, 11) is 0. The van der Waals surface area contributed by atoms with Gasteiger partial charge in [-0.3, -0.25) is 0 Å². The Morgan fingerprint density at radius 1 is 0.844 bits per heavy atom. The molecule has 0 aliphatic rings. The molecule has 7 heteroatoms. The third-order valence-corrected chi connectivity index (χ3v) is 4.46. The fraction of sp³-hybridized carbons (Fsp3) is 0.120. The van der Waals surface area contributed by atoms with Crippen LogP contribution in [0.1, 0.15) is 34.7 Å². The van der Waals surface area contributed by atoms with Crippen LogP contribution in [0.3, 0.4) is 0 Å². The van der Waals surface area contributed by atoms with Crippen molar-refractivity contribution in [3.05, 3.63) is 100 Å². The van der Waals surface area contributed by atoms with Gasteiger partial charge in [-0.25, -0.2) is 13.2 Å². The fourth-order valence-corrected chi connectivity index (χ4v) is 2.90. The van der Waals surface area contributed by atoms with Crippen molar-refractivity contribution in [3.63, 3.8) is 0 Å². The second kappa shape index (κ2) is 9.65. The Labute approximate surface area is 181 Å². The Bertz CT molecular complexity index is 1200. The lowest BCUT2D eigenvalue weighted by Crippen LogP contribution is -2.17. The van der Waals surface area contributed by atoms with Crippen LogP contribution >= 0.6 is 0 Å². The standard InChI is InChI=1S/C25H16F6O/c1-2-17-14-19(11-10-18(17)9-8-16-6-4-3-5-7-16)23(27)24(28)20-12-13-22(21(26)15-20)32-25(29,30)31/h3-7,10-15H,2H2,1H3/b24-23+. The second-order valence-electron chi connectivity index (χ2n) is 6.66. The Hall–Kier alpha value is -3.66. The van der Waals surface area contributed by atoms with Crippen LogP contribution in [0.25, 0.3) is 11.7 Å². The molecule has 3 aromatic carbocycles. The van der Waals surface area contributed by atoms with Gasteiger partial charge in [-0.05, 0) is 54.4 Å². The molecule has 0 atom stereocenters. The van der Waals surface area contributed by atoms with Gasteiger partial charge >= 0.3 is 6.36 Å². The summed E-state index contributed by atoms with van der Waals surface area (Å²) in [4.78, 5) is 0. The van der Waals surface area contributed by atoms with E-state index >= 15 is 0 Å². The lowest BCUT2D eigenvalue weighted by atomic mass is 10.00. The molecule has 0 spiro atoms. The smallest absolute Gasteiger partial charge is 0.403 e. The maximum Gasteiger partial charge on any atom is 0.573 e. The fourth-order valence-electron chi connectivity index (χ4n) is 2.90. The number of hydrogen-bond acceptors (Lipinski definition) is 1. The molecular formula is C25H16F6O. The van der Waals surface area contributed by atoms with Crippen molar-refractivity contribution in [1.29, 1.82) is 0 Å². The number of alkyl halides is 3. The van der Waals surface area contributed by atoms with Crippen LogP contribution in [0.4, 0.5) is 26.3 Å². The topological polar surface area (TPSA) is 9.23 Å². The molecular weight excluding hydrogens is 430 g/mol. The highest BCUT2D eigenvalue weighted by Crippen LogP contribution is 2.33. The van der Waals surface area contributed by atoms with Gasteiger partial charge in [0.05, 0.1) is 0 Å². The predicted molar refractivity (Wildman–Crippen MR) is 110 cm³/mol. The molecule has 32 heavy (non-hydrogen) atoms. The molecule has 0 amide bonds. The third-order valence-electron chi connectivity index (χ3n) is 4.46. The van der Waals surface area contributed by atoms with Gasteiger partial charge < -0.3 is 4.74 Å². The zero-order valence-corrected chi connectivity index (χ0v) is 16.7. The molecule has 0 aliphatic carbocycles. The van der Waals surface area contributed by atoms with Crippen LogP contribution in [0.2, 0.25) is 0 Å². The van der Waals surface area contributed by atoms with E-state index in [9.17, 15) is 26.3 Å². The van der Waals surface area contributed by atoms with Crippen molar-refractivity contribution >= 4 is 11.7 Å². The molecule has 164 valence electrons. The molecule has 0 aromatic heterocycles. The van der Waals surface area contributed by atoms with Crippen LogP contribution < -0.4 is 4.74 Å². The van der Waals surface area contributed by atoms with Crippen LogP contribution in [0.15, 0.2) is 66.7 Å². The predicted octanol–water partition coefficient (Wildman–Crippen LogP) is 7.45. The Morgan fingerprint density at radius 2 is 1.47 bits per heavy atom. The molecule has 0 heterocycles. The van der Waals surface area contributed by atoms with Gasteiger partial charge in [0.15, 0.2) is 23.2 Å². The first-order valence-electron chi connectivity index (χ1n) is 9.49. The summed E-state index contributed by atoms with van der Waals surface area (Å²) in [6, 6.07) is 15.4. The van der Waals surface area contributed by atoms with Crippen LogP contribution in [-0.4, -0.2) is 6.36 Å². The highest BCUT2D eigenvalue weighted by atomic mass is 19.4. The van der Waals surface area contributed by atoms with Gasteiger partial charge in [0.25, 0.3) is 0 Å². The van der Waals surface area contributed by atoms with E-state index in [2.05, 4.69) is 16.6 Å². The first kappa shape index (κ1) is 23.0. The molecule has 0 saturated heterocycles. The molecule has 3 rings (SSSR count). The first-order chi connectivity index (χ1) is 15.2. The van der Waals surface area contributed by atoms with Gasteiger partial charge in [-0.15, -0.1) is 13.2 Å². The Balaban J connectivity index is 1.92. The van der Waals surface area contributed by atoms with Crippen molar-refractivity contribution in [3.8, 4) is 17.6 Å². The van der Waals surface area contributed by atoms with Gasteiger partial charge in [0.1, 0.15) is 0 Å². The largest absolute Gasteiger partial charge is 0.573 e. The normalized spacial score (nSPS) is 12.0. The van der Waals surface area contributed by atoms with Crippen molar-refractivity contribution in [2.45, 2.75) is 19.7 Å². The molecule has 0 saturated carbocycles. The lowest BCUT2D eigenvalue weighted by molar-refractivity contribution is -0.275. The second-order valence-corrected chi connectivity index (χ2v) is 6.66. The average Bonchev–Trinajstić information content (AvgIpc) is 2.77. The number of rotatable bonds is 4. The molecule has 0 unspecified atom stereocenters. The van der Waals surface area contributed by atoms with E-state index in [0.717, 1.165) is 11.6 Å². The Morgan fingerprint density at radius 3 is 2.06 bits per heavy atom. The summed E-state index contributed by atoms with van der Waals surface area (Å²) in [5, 5.41) is 0. The molecule has 0 bridgehead atoms. The minimum Gasteiger partial charge on any atom is -0.403 e. The maximum absolute atomic E-state index is 14.8. The summed E-state index contributed by atoms with van der Waals surface area (Å²) in [5.41, 5.74) is 1.47. The van der Waals surface area contributed by atoms with Crippen LogP contribution in [0, 0.1) is 17.7 Å². The summed E-state index contributed by atoms with van der Waals surface area (Å²) in [5.74, 6) is 0.714. The van der Waals surface area contributed by atoms with E-state index in [4.69, 9.17) is 0 Å². The lowest BCUT2D eigenvalue weighted by Gasteiger charge is -2.10. The van der Waals surface area contributed by atoms with E-state index in [0.29, 0.717) is 29.7 Å². The highest BCUT2D eigenvalue weighted by Gasteiger charge is 2.32. The zero-order chi connectivity index (χ0) is 23.3. The maximum atomic E-state index is 14.8. The molecule has 0 N–H and O–H groups in total. The quantitative estimate of drug-likeness (QED) is 0.230. The van der Waals surface area contributed by atoms with Crippen LogP contribution in [-0.2, 0) is 6.42 Å². The van der Waals surface area contributed by atoms with Gasteiger partial charge in [-0.1, -0.05) is 43.0 Å². The highest BCUT2D eigenvalue weighted by molar-refractivity contribution is 5.83. The Kier molecular flexibility index (Phi) is 6.94. The SMILES string of the molecule is CCc1cc(/C(F)=C(\F)c2ccc(OC(F)(F)F)c(F)c2)ccc1C#Cc1ccccc1. The van der Waals surface area contributed by atoms with Crippen molar-refractivity contribution in [2.24, 2.45) is 0 Å². The molecule has 3 aromatic rings. The molecule has 0 aliphatic heterocycles. The van der Waals surface area contributed by atoms with Gasteiger partial charge in [0, 0.05) is 22.3 Å². The van der Waals surface area contributed by atoms with E-state index in [1.165, 1.54) is 12.1 Å². The van der Waals surface area contributed by atoms with E-state index < -0.39 is 35.1 Å². The number of ether oxygens (including phenoxy) is 1. The molecule has 1 nitrogen and oxygen atoms in total. The summed E-state index contributed by atoms with van der Waals surface area (Å²) in [6.07, 6.45) is -4.61. The average molecular weight is 446 g/mol. The van der Waals surface area contributed by atoms with Gasteiger partial charge in [0.2, 0.25) is 0 Å². The van der Waals surface area contributed by atoms with Gasteiger partial charge in [-0.2, -0.15) is 0 Å².